The minimum absolute atomic E-state index is 0.159. The minimum Gasteiger partial charge on any atom is -0.452 e. The number of halogens is 2. The first-order valence-electron chi connectivity index (χ1n) is 9.39. The van der Waals surface area contributed by atoms with Crippen LogP contribution in [0, 0.1) is 6.92 Å². The summed E-state index contributed by atoms with van der Waals surface area (Å²) in [6.45, 7) is 1.87. The van der Waals surface area contributed by atoms with Gasteiger partial charge < -0.3 is 9.15 Å². The number of fused-ring (bicyclic) bond motifs is 1. The van der Waals surface area contributed by atoms with Gasteiger partial charge in [0.15, 0.2) is 5.76 Å². The van der Waals surface area contributed by atoms with Crippen LogP contribution >= 0.6 is 23.2 Å². The van der Waals surface area contributed by atoms with E-state index in [0.717, 1.165) is 11.1 Å². The van der Waals surface area contributed by atoms with Crippen molar-refractivity contribution in [3.8, 4) is 17.1 Å². The van der Waals surface area contributed by atoms with Crippen LogP contribution in [0.1, 0.15) is 11.1 Å². The summed E-state index contributed by atoms with van der Waals surface area (Å²) in [5.74, 6) is -0.720. The van der Waals surface area contributed by atoms with E-state index in [9.17, 15) is 9.59 Å². The molecule has 4 nitrogen and oxygen atoms in total. The number of carbonyl (C=O) groups is 1. The second-order valence-corrected chi connectivity index (χ2v) is 7.77. The lowest BCUT2D eigenvalue weighted by Crippen LogP contribution is -2.14. The Labute approximate surface area is 188 Å². The predicted molar refractivity (Wildman–Crippen MR) is 124 cm³/mol. The number of rotatable bonds is 4. The summed E-state index contributed by atoms with van der Waals surface area (Å²) in [6.07, 6.45) is 2.82. The Kier molecular flexibility index (Phi) is 5.94. The predicted octanol–water partition coefficient (Wildman–Crippen LogP) is 6.69. The third kappa shape index (κ3) is 4.71. The van der Waals surface area contributed by atoms with Crippen molar-refractivity contribution in [1.29, 1.82) is 0 Å². The number of hydrogen-bond acceptors (Lipinski definition) is 4. The molecule has 3 aromatic carbocycles. The van der Waals surface area contributed by atoms with Crippen LogP contribution in [-0.4, -0.2) is 5.97 Å². The summed E-state index contributed by atoms with van der Waals surface area (Å²) in [5, 5.41) is 1.46. The lowest BCUT2D eigenvalue weighted by Gasteiger charge is -2.10. The molecule has 0 spiro atoms. The van der Waals surface area contributed by atoms with Gasteiger partial charge in [0.1, 0.15) is 5.58 Å². The summed E-state index contributed by atoms with van der Waals surface area (Å²) >= 11 is 11.9. The highest BCUT2D eigenvalue weighted by atomic mass is 35.5. The maximum absolute atomic E-state index is 13.2. The standard InChI is InChI=1S/C25H16Cl2O4/c1-15-2-12-21-20(14-15)23(29)25(24(30-21)17-6-10-19(27)11-7-17)31-22(28)13-5-16-3-8-18(26)9-4-16/h2-14H,1H3. The van der Waals surface area contributed by atoms with Crippen LogP contribution in [0.2, 0.25) is 10.0 Å². The van der Waals surface area contributed by atoms with Crippen LogP contribution < -0.4 is 10.2 Å². The first-order chi connectivity index (χ1) is 14.9. The Morgan fingerprint density at radius 1 is 0.935 bits per heavy atom. The van der Waals surface area contributed by atoms with Gasteiger partial charge in [0.05, 0.1) is 5.39 Å². The van der Waals surface area contributed by atoms with Gasteiger partial charge in [-0.3, -0.25) is 4.79 Å². The fraction of sp³-hybridized carbons (Fsp3) is 0.0400. The Balaban J connectivity index is 1.77. The molecule has 0 saturated carbocycles. The first kappa shape index (κ1) is 20.9. The van der Waals surface area contributed by atoms with E-state index in [0.29, 0.717) is 26.6 Å². The third-order valence-corrected chi connectivity index (χ3v) is 5.10. The van der Waals surface area contributed by atoms with Gasteiger partial charge in [0, 0.05) is 21.7 Å². The van der Waals surface area contributed by atoms with E-state index in [1.165, 1.54) is 6.08 Å². The van der Waals surface area contributed by atoms with Crippen molar-refractivity contribution < 1.29 is 13.9 Å². The highest BCUT2D eigenvalue weighted by Crippen LogP contribution is 2.32. The van der Waals surface area contributed by atoms with Crippen molar-refractivity contribution in [3.63, 3.8) is 0 Å². The van der Waals surface area contributed by atoms with Crippen molar-refractivity contribution in [2.45, 2.75) is 6.92 Å². The molecular weight excluding hydrogens is 435 g/mol. The number of aryl methyl sites for hydroxylation is 1. The average Bonchev–Trinajstić information content (AvgIpc) is 2.76. The molecule has 1 aromatic heterocycles. The van der Waals surface area contributed by atoms with Gasteiger partial charge in [-0.15, -0.1) is 0 Å². The minimum atomic E-state index is -0.704. The second kappa shape index (κ2) is 8.80. The molecule has 154 valence electrons. The molecule has 0 unspecified atom stereocenters. The normalized spacial score (nSPS) is 11.2. The molecule has 0 saturated heterocycles. The highest BCUT2D eigenvalue weighted by molar-refractivity contribution is 6.30. The molecule has 0 aliphatic rings. The van der Waals surface area contributed by atoms with Gasteiger partial charge in [-0.05, 0) is 67.1 Å². The molecule has 0 radical (unpaired) electrons. The van der Waals surface area contributed by atoms with Gasteiger partial charge in [-0.1, -0.05) is 47.0 Å². The van der Waals surface area contributed by atoms with Crippen molar-refractivity contribution in [3.05, 3.63) is 104 Å². The smallest absolute Gasteiger partial charge is 0.336 e. The van der Waals surface area contributed by atoms with Crippen LogP contribution in [0.5, 0.6) is 5.75 Å². The van der Waals surface area contributed by atoms with E-state index in [2.05, 4.69) is 0 Å². The third-order valence-electron chi connectivity index (χ3n) is 4.60. The molecule has 0 aliphatic carbocycles. The van der Waals surface area contributed by atoms with Crippen LogP contribution in [0.25, 0.3) is 28.4 Å². The van der Waals surface area contributed by atoms with Crippen LogP contribution in [0.15, 0.2) is 82.0 Å². The van der Waals surface area contributed by atoms with Crippen molar-refractivity contribution in [2.75, 3.05) is 0 Å². The molecule has 0 aliphatic heterocycles. The van der Waals surface area contributed by atoms with E-state index in [-0.39, 0.29) is 11.5 Å². The molecule has 4 aromatic rings. The van der Waals surface area contributed by atoms with Crippen LogP contribution in [0.4, 0.5) is 0 Å². The van der Waals surface area contributed by atoms with E-state index in [1.807, 2.05) is 13.0 Å². The fourth-order valence-electron chi connectivity index (χ4n) is 3.05. The van der Waals surface area contributed by atoms with Crippen LogP contribution in [-0.2, 0) is 4.79 Å². The topological polar surface area (TPSA) is 56.5 Å². The van der Waals surface area contributed by atoms with Gasteiger partial charge in [0.25, 0.3) is 0 Å². The molecular formula is C25H16Cl2O4. The number of ether oxygens (including phenoxy) is 1. The van der Waals surface area contributed by atoms with E-state index in [4.69, 9.17) is 32.4 Å². The number of hydrogen-bond donors (Lipinski definition) is 0. The van der Waals surface area contributed by atoms with Crippen molar-refractivity contribution in [1.82, 2.24) is 0 Å². The molecule has 31 heavy (non-hydrogen) atoms. The molecule has 0 amide bonds. The van der Waals surface area contributed by atoms with E-state index >= 15 is 0 Å². The van der Waals surface area contributed by atoms with Gasteiger partial charge in [-0.2, -0.15) is 0 Å². The van der Waals surface area contributed by atoms with Gasteiger partial charge in [0.2, 0.25) is 11.2 Å². The molecule has 0 bridgehead atoms. The number of esters is 1. The molecule has 6 heteroatoms. The monoisotopic (exact) mass is 450 g/mol. The largest absolute Gasteiger partial charge is 0.452 e. The van der Waals surface area contributed by atoms with Crippen molar-refractivity contribution in [2.24, 2.45) is 0 Å². The average molecular weight is 451 g/mol. The molecule has 0 atom stereocenters. The van der Waals surface area contributed by atoms with Gasteiger partial charge >= 0.3 is 5.97 Å². The maximum Gasteiger partial charge on any atom is 0.336 e. The highest BCUT2D eigenvalue weighted by Gasteiger charge is 2.20. The zero-order chi connectivity index (χ0) is 22.0. The lowest BCUT2D eigenvalue weighted by atomic mass is 10.1. The number of carbonyl (C=O) groups excluding carboxylic acids is 1. The Bertz CT molecular complexity index is 1350. The zero-order valence-corrected chi connectivity index (χ0v) is 17.9. The number of benzene rings is 3. The Morgan fingerprint density at radius 3 is 2.26 bits per heavy atom. The summed E-state index contributed by atoms with van der Waals surface area (Å²) in [6, 6.07) is 18.9. The Hall–Kier alpha value is -3.34. The van der Waals surface area contributed by atoms with Crippen LogP contribution in [0.3, 0.4) is 0 Å². The first-order valence-corrected chi connectivity index (χ1v) is 10.2. The summed E-state index contributed by atoms with van der Waals surface area (Å²) < 4.78 is 11.4. The molecule has 1 heterocycles. The fourth-order valence-corrected chi connectivity index (χ4v) is 3.30. The van der Waals surface area contributed by atoms with Crippen molar-refractivity contribution >= 4 is 46.2 Å². The zero-order valence-electron chi connectivity index (χ0n) is 16.4. The second-order valence-electron chi connectivity index (χ2n) is 6.90. The quantitative estimate of drug-likeness (QED) is 0.256. The Morgan fingerprint density at radius 2 is 1.58 bits per heavy atom. The molecule has 0 N–H and O–H groups in total. The van der Waals surface area contributed by atoms with E-state index in [1.54, 1.807) is 66.7 Å². The van der Waals surface area contributed by atoms with Gasteiger partial charge in [-0.25, -0.2) is 4.79 Å². The molecule has 0 fully saturated rings. The maximum atomic E-state index is 13.2. The lowest BCUT2D eigenvalue weighted by molar-refractivity contribution is -0.129. The summed E-state index contributed by atoms with van der Waals surface area (Å²) in [7, 11) is 0. The molecule has 4 rings (SSSR count). The summed E-state index contributed by atoms with van der Waals surface area (Å²) in [4.78, 5) is 25.7. The van der Waals surface area contributed by atoms with E-state index < -0.39 is 11.4 Å². The SMILES string of the molecule is Cc1ccc2oc(-c3ccc(Cl)cc3)c(OC(=O)C=Cc3ccc(Cl)cc3)c(=O)c2c1. The summed E-state index contributed by atoms with van der Waals surface area (Å²) in [5.41, 5.74) is 2.19.